The first-order valence-corrected chi connectivity index (χ1v) is 15.7. The molecule has 202 valence electrons. The number of aromatic nitrogens is 5. The summed E-state index contributed by atoms with van der Waals surface area (Å²) in [6, 6.07) is 45.3. The Bertz CT molecular complexity index is 2170. The van der Waals surface area contributed by atoms with Crippen molar-refractivity contribution < 1.29 is 0 Å². The van der Waals surface area contributed by atoms with Crippen molar-refractivity contribution in [2.45, 2.75) is 0 Å². The molecule has 0 aliphatic rings. The summed E-state index contributed by atoms with van der Waals surface area (Å²) in [6.45, 7) is 0. The van der Waals surface area contributed by atoms with Gasteiger partial charge in [-0.05, 0) is 0 Å². The van der Waals surface area contributed by atoms with Gasteiger partial charge in [-0.2, -0.15) is 0 Å². The van der Waals surface area contributed by atoms with Gasteiger partial charge in [-0.15, -0.1) is 0 Å². The molecule has 0 amide bonds. The Morgan fingerprint density at radius 1 is 0.442 bits per heavy atom. The molecule has 0 aliphatic carbocycles. The third-order valence-corrected chi connectivity index (χ3v) is 9.84. The Morgan fingerprint density at radius 2 is 1.00 bits per heavy atom. The molecule has 0 atom stereocenters. The summed E-state index contributed by atoms with van der Waals surface area (Å²) in [6.07, 6.45) is 1.83. The SMILES string of the molecule is c1ccc(-c2nc(-c3ccccc3)nc(-c3cccnc3-c3cc4nc(-c5ccccc5)[se]c4c4ccccc34)n2)cc1. The van der Waals surface area contributed by atoms with Crippen LogP contribution >= 0.6 is 0 Å². The van der Waals surface area contributed by atoms with Crippen molar-refractivity contribution in [3.8, 4) is 55.6 Å². The monoisotopic (exact) mass is 617 g/mol. The van der Waals surface area contributed by atoms with E-state index in [1.54, 1.807) is 0 Å². The summed E-state index contributed by atoms with van der Waals surface area (Å²) in [4.78, 5) is 25.0. The first kappa shape index (κ1) is 25.4. The van der Waals surface area contributed by atoms with E-state index >= 15 is 0 Å². The number of rotatable bonds is 5. The maximum absolute atomic E-state index is 5.14. The van der Waals surface area contributed by atoms with Crippen molar-refractivity contribution >= 4 is 35.1 Å². The van der Waals surface area contributed by atoms with Crippen molar-refractivity contribution in [2.75, 3.05) is 0 Å². The predicted molar refractivity (Wildman–Crippen MR) is 175 cm³/mol. The first-order chi connectivity index (χ1) is 21.3. The van der Waals surface area contributed by atoms with E-state index in [-0.39, 0.29) is 14.5 Å². The molecule has 0 fully saturated rings. The van der Waals surface area contributed by atoms with Crippen LogP contribution in [-0.4, -0.2) is 39.4 Å². The Labute approximate surface area is 254 Å². The fourth-order valence-electron chi connectivity index (χ4n) is 5.38. The van der Waals surface area contributed by atoms with Crippen molar-refractivity contribution in [1.82, 2.24) is 24.9 Å². The predicted octanol–water partition coefficient (Wildman–Crippen LogP) is 8.36. The molecule has 8 aromatic rings. The van der Waals surface area contributed by atoms with E-state index in [2.05, 4.69) is 54.6 Å². The third kappa shape index (κ3) is 4.73. The van der Waals surface area contributed by atoms with Gasteiger partial charge in [0.1, 0.15) is 0 Å². The standard InChI is InChI=1S/C37H23N5Se/c1-4-13-24(14-5-1)34-40-35(25-15-6-2-7-16-25)42-36(41-34)29-21-12-22-38-32(29)30-23-31-33(28-20-11-10-19-27(28)30)43-37(39-31)26-17-8-3-9-18-26/h1-23H. The Balaban J connectivity index is 1.36. The quantitative estimate of drug-likeness (QED) is 0.182. The second kappa shape index (κ2) is 10.8. The van der Waals surface area contributed by atoms with Crippen LogP contribution in [0.25, 0.3) is 76.1 Å². The Hall–Kier alpha value is -5.29. The summed E-state index contributed by atoms with van der Waals surface area (Å²) < 4.78 is 2.45. The molecule has 0 bridgehead atoms. The molecule has 0 spiro atoms. The molecule has 0 aliphatic heterocycles. The second-order valence-electron chi connectivity index (χ2n) is 10.1. The van der Waals surface area contributed by atoms with E-state index in [0.29, 0.717) is 17.5 Å². The van der Waals surface area contributed by atoms with Crippen molar-refractivity contribution in [1.29, 1.82) is 0 Å². The molecule has 43 heavy (non-hydrogen) atoms. The zero-order chi connectivity index (χ0) is 28.6. The number of fused-ring (bicyclic) bond motifs is 3. The van der Waals surface area contributed by atoms with Gasteiger partial charge in [-0.3, -0.25) is 0 Å². The molecule has 0 radical (unpaired) electrons. The van der Waals surface area contributed by atoms with Crippen LogP contribution in [0, 0.1) is 0 Å². The fraction of sp³-hybridized carbons (Fsp3) is 0. The molecule has 5 nitrogen and oxygen atoms in total. The van der Waals surface area contributed by atoms with Crippen LogP contribution in [0.15, 0.2) is 140 Å². The summed E-state index contributed by atoms with van der Waals surface area (Å²) >= 11 is 0.102. The van der Waals surface area contributed by atoms with Crippen LogP contribution in [-0.2, 0) is 0 Å². The van der Waals surface area contributed by atoms with Crippen LogP contribution in [0.3, 0.4) is 0 Å². The Kier molecular flexibility index (Phi) is 6.41. The van der Waals surface area contributed by atoms with E-state index in [1.807, 2.05) is 85.1 Å². The van der Waals surface area contributed by atoms with Gasteiger partial charge in [0.25, 0.3) is 0 Å². The van der Waals surface area contributed by atoms with Crippen LogP contribution < -0.4 is 0 Å². The average molecular weight is 617 g/mol. The van der Waals surface area contributed by atoms with Gasteiger partial charge >= 0.3 is 243 Å². The number of hydrogen-bond acceptors (Lipinski definition) is 5. The minimum absolute atomic E-state index is 0.102. The van der Waals surface area contributed by atoms with E-state index in [0.717, 1.165) is 43.4 Å². The van der Waals surface area contributed by atoms with Crippen LogP contribution in [0.5, 0.6) is 0 Å². The first-order valence-electron chi connectivity index (χ1n) is 14.0. The van der Waals surface area contributed by atoms with Crippen molar-refractivity contribution in [3.05, 3.63) is 140 Å². The van der Waals surface area contributed by atoms with Crippen molar-refractivity contribution in [2.24, 2.45) is 0 Å². The normalized spacial score (nSPS) is 11.3. The maximum atomic E-state index is 5.14. The van der Waals surface area contributed by atoms with Gasteiger partial charge in [-0.1, -0.05) is 12.1 Å². The van der Waals surface area contributed by atoms with Crippen LogP contribution in [0.2, 0.25) is 0 Å². The van der Waals surface area contributed by atoms with Gasteiger partial charge in [0.15, 0.2) is 0 Å². The number of hydrogen-bond donors (Lipinski definition) is 0. The molecule has 0 unspecified atom stereocenters. The van der Waals surface area contributed by atoms with Gasteiger partial charge < -0.3 is 0 Å². The van der Waals surface area contributed by atoms with E-state index in [9.17, 15) is 0 Å². The van der Waals surface area contributed by atoms with Gasteiger partial charge in [0, 0.05) is 0 Å². The molecular formula is C37H23N5Se. The molecule has 0 N–H and O–H groups in total. The summed E-state index contributed by atoms with van der Waals surface area (Å²) in [5.74, 6) is 1.83. The number of nitrogens with zero attached hydrogens (tertiary/aromatic N) is 5. The molecule has 3 heterocycles. The van der Waals surface area contributed by atoms with Gasteiger partial charge in [-0.25, -0.2) is 0 Å². The van der Waals surface area contributed by atoms with Crippen LogP contribution in [0.4, 0.5) is 0 Å². The van der Waals surface area contributed by atoms with Crippen LogP contribution in [0.1, 0.15) is 0 Å². The van der Waals surface area contributed by atoms with E-state index in [1.165, 1.54) is 15.2 Å². The van der Waals surface area contributed by atoms with Gasteiger partial charge in [0.2, 0.25) is 0 Å². The topological polar surface area (TPSA) is 64.5 Å². The molecular weight excluding hydrogens is 593 g/mol. The number of pyridine rings is 1. The summed E-state index contributed by atoms with van der Waals surface area (Å²) in [5.41, 5.74) is 6.73. The fourth-order valence-corrected chi connectivity index (χ4v) is 7.67. The Morgan fingerprint density at radius 3 is 1.65 bits per heavy atom. The third-order valence-electron chi connectivity index (χ3n) is 7.42. The molecule has 8 rings (SSSR count). The zero-order valence-corrected chi connectivity index (χ0v) is 24.6. The summed E-state index contributed by atoms with van der Waals surface area (Å²) in [7, 11) is 0. The minimum atomic E-state index is 0.102. The van der Waals surface area contributed by atoms with E-state index < -0.39 is 0 Å². The molecule has 3 aromatic heterocycles. The zero-order valence-electron chi connectivity index (χ0n) is 22.9. The van der Waals surface area contributed by atoms with Gasteiger partial charge in [0.05, 0.1) is 0 Å². The molecule has 6 heteroatoms. The summed E-state index contributed by atoms with van der Waals surface area (Å²) in [5, 5.41) is 2.36. The molecule has 0 saturated heterocycles. The van der Waals surface area contributed by atoms with Crippen molar-refractivity contribution in [3.63, 3.8) is 0 Å². The number of benzene rings is 5. The second-order valence-corrected chi connectivity index (χ2v) is 12.2. The average Bonchev–Trinajstić information content (AvgIpc) is 3.54. The van der Waals surface area contributed by atoms with E-state index in [4.69, 9.17) is 24.9 Å². The molecule has 5 aromatic carbocycles. The molecule has 0 saturated carbocycles.